The van der Waals surface area contributed by atoms with Crippen LogP contribution in [0.2, 0.25) is 0 Å². The lowest BCUT2D eigenvalue weighted by Crippen LogP contribution is -2.34. The monoisotopic (exact) mass is 343 g/mol. The van der Waals surface area contributed by atoms with Crippen molar-refractivity contribution in [2.45, 2.75) is 38.0 Å². The van der Waals surface area contributed by atoms with E-state index in [2.05, 4.69) is 15.9 Å². The number of amides is 1. The number of carbonyl (C=O) groups is 1. The van der Waals surface area contributed by atoms with Crippen LogP contribution in [0.4, 0.5) is 0 Å². The van der Waals surface area contributed by atoms with E-state index in [-0.39, 0.29) is 5.91 Å². The maximum Gasteiger partial charge on any atom is 0.245 e. The normalized spacial score (nSPS) is 17.9. The standard InChI is InChI=1S/C15H19BrClNO/c1-11-10-12(6-7-13(11)16)14(17)15(19)18-8-4-2-3-5-9-18/h6-7,10,14H,2-5,8-9H2,1H3. The van der Waals surface area contributed by atoms with E-state index in [1.54, 1.807) is 0 Å². The molecule has 1 unspecified atom stereocenters. The molecule has 2 rings (SSSR count). The van der Waals surface area contributed by atoms with Crippen LogP contribution in [0.1, 0.15) is 42.2 Å². The van der Waals surface area contributed by atoms with E-state index >= 15 is 0 Å². The van der Waals surface area contributed by atoms with Gasteiger partial charge in [-0.1, -0.05) is 40.9 Å². The van der Waals surface area contributed by atoms with Gasteiger partial charge in [0.2, 0.25) is 5.91 Å². The SMILES string of the molecule is Cc1cc(C(Cl)C(=O)N2CCCCCC2)ccc1Br. The van der Waals surface area contributed by atoms with Gasteiger partial charge in [0.15, 0.2) is 0 Å². The highest BCUT2D eigenvalue weighted by atomic mass is 79.9. The summed E-state index contributed by atoms with van der Waals surface area (Å²) in [5.41, 5.74) is 1.99. The Morgan fingerprint density at radius 3 is 2.47 bits per heavy atom. The molecule has 104 valence electrons. The number of rotatable bonds is 2. The summed E-state index contributed by atoms with van der Waals surface area (Å²) in [5, 5.41) is -0.565. The van der Waals surface area contributed by atoms with Crippen LogP contribution in [0, 0.1) is 6.92 Å². The number of likely N-dealkylation sites (tertiary alicyclic amines) is 1. The van der Waals surface area contributed by atoms with E-state index in [9.17, 15) is 4.79 Å². The third kappa shape index (κ3) is 3.73. The molecule has 0 N–H and O–H groups in total. The molecule has 0 aliphatic carbocycles. The second kappa shape index (κ2) is 6.76. The highest BCUT2D eigenvalue weighted by Crippen LogP contribution is 2.27. The Labute approximate surface area is 128 Å². The van der Waals surface area contributed by atoms with E-state index in [1.165, 1.54) is 12.8 Å². The average molecular weight is 345 g/mol. The first kappa shape index (κ1) is 14.9. The van der Waals surface area contributed by atoms with Crippen LogP contribution in [-0.4, -0.2) is 23.9 Å². The Bertz CT molecular complexity index is 455. The first-order valence-electron chi connectivity index (χ1n) is 6.78. The molecule has 1 atom stereocenters. The van der Waals surface area contributed by atoms with Gasteiger partial charge in [0.05, 0.1) is 0 Å². The van der Waals surface area contributed by atoms with Crippen molar-refractivity contribution >= 4 is 33.4 Å². The lowest BCUT2D eigenvalue weighted by atomic mass is 10.1. The second-order valence-corrected chi connectivity index (χ2v) is 6.40. The number of aryl methyl sites for hydroxylation is 1. The Morgan fingerprint density at radius 1 is 1.26 bits per heavy atom. The molecule has 4 heteroatoms. The van der Waals surface area contributed by atoms with Gasteiger partial charge >= 0.3 is 0 Å². The Balaban J connectivity index is 2.10. The van der Waals surface area contributed by atoms with Crippen molar-refractivity contribution < 1.29 is 4.79 Å². The van der Waals surface area contributed by atoms with E-state index in [0.717, 1.165) is 41.5 Å². The molecule has 1 saturated heterocycles. The van der Waals surface area contributed by atoms with Crippen molar-refractivity contribution in [3.8, 4) is 0 Å². The number of benzene rings is 1. The lowest BCUT2D eigenvalue weighted by molar-refractivity contribution is -0.130. The minimum atomic E-state index is -0.565. The van der Waals surface area contributed by atoms with Crippen LogP contribution in [0.25, 0.3) is 0 Å². The van der Waals surface area contributed by atoms with Gasteiger partial charge in [-0.2, -0.15) is 0 Å². The summed E-state index contributed by atoms with van der Waals surface area (Å²) in [5.74, 6) is 0.0466. The summed E-state index contributed by atoms with van der Waals surface area (Å²) >= 11 is 9.83. The maximum absolute atomic E-state index is 12.4. The fourth-order valence-corrected chi connectivity index (χ4v) is 2.94. The number of hydrogen-bond acceptors (Lipinski definition) is 1. The zero-order valence-corrected chi connectivity index (χ0v) is 13.5. The van der Waals surface area contributed by atoms with Crippen molar-refractivity contribution in [1.29, 1.82) is 0 Å². The Kier molecular flexibility index (Phi) is 5.28. The predicted molar refractivity (Wildman–Crippen MR) is 82.5 cm³/mol. The van der Waals surface area contributed by atoms with E-state index in [1.807, 2.05) is 30.0 Å². The summed E-state index contributed by atoms with van der Waals surface area (Å²) in [6.45, 7) is 3.70. The van der Waals surface area contributed by atoms with Crippen molar-refractivity contribution in [2.24, 2.45) is 0 Å². The average Bonchev–Trinajstić information content (AvgIpc) is 2.69. The van der Waals surface area contributed by atoms with Crippen LogP contribution >= 0.6 is 27.5 Å². The lowest BCUT2D eigenvalue weighted by Gasteiger charge is -2.23. The summed E-state index contributed by atoms with van der Waals surface area (Å²) in [6.07, 6.45) is 4.62. The summed E-state index contributed by atoms with van der Waals surface area (Å²) in [4.78, 5) is 14.3. The smallest absolute Gasteiger partial charge is 0.245 e. The number of halogens is 2. The molecule has 0 radical (unpaired) electrons. The highest BCUT2D eigenvalue weighted by Gasteiger charge is 2.24. The summed E-state index contributed by atoms with van der Waals surface area (Å²) < 4.78 is 1.04. The van der Waals surface area contributed by atoms with Crippen LogP contribution in [-0.2, 0) is 4.79 Å². The zero-order valence-electron chi connectivity index (χ0n) is 11.2. The third-order valence-corrected chi connectivity index (χ3v) is 4.94. The van der Waals surface area contributed by atoms with Gasteiger partial charge in [-0.25, -0.2) is 0 Å². The molecule has 0 spiro atoms. The first-order chi connectivity index (χ1) is 9.09. The summed E-state index contributed by atoms with van der Waals surface area (Å²) in [6, 6.07) is 5.86. The molecule has 1 aromatic carbocycles. The van der Waals surface area contributed by atoms with Gasteiger partial charge in [-0.15, -0.1) is 11.6 Å². The highest BCUT2D eigenvalue weighted by molar-refractivity contribution is 9.10. The summed E-state index contributed by atoms with van der Waals surface area (Å²) in [7, 11) is 0. The van der Waals surface area contributed by atoms with Gasteiger partial charge in [-0.3, -0.25) is 4.79 Å². The molecule has 1 heterocycles. The topological polar surface area (TPSA) is 20.3 Å². The largest absolute Gasteiger partial charge is 0.341 e. The van der Waals surface area contributed by atoms with E-state index in [0.29, 0.717) is 0 Å². The van der Waals surface area contributed by atoms with Crippen molar-refractivity contribution in [1.82, 2.24) is 4.90 Å². The van der Waals surface area contributed by atoms with Gasteiger partial charge < -0.3 is 4.90 Å². The molecule has 0 saturated carbocycles. The van der Waals surface area contributed by atoms with Gasteiger partial charge in [-0.05, 0) is 37.0 Å². The van der Waals surface area contributed by atoms with Crippen LogP contribution in [0.15, 0.2) is 22.7 Å². The van der Waals surface area contributed by atoms with E-state index in [4.69, 9.17) is 11.6 Å². The fraction of sp³-hybridized carbons (Fsp3) is 0.533. The van der Waals surface area contributed by atoms with Gasteiger partial charge in [0, 0.05) is 17.6 Å². The van der Waals surface area contributed by atoms with Crippen molar-refractivity contribution in [2.75, 3.05) is 13.1 Å². The van der Waals surface area contributed by atoms with Gasteiger partial charge in [0.25, 0.3) is 0 Å². The minimum Gasteiger partial charge on any atom is -0.341 e. The molecular formula is C15H19BrClNO. The molecule has 1 fully saturated rings. The number of alkyl halides is 1. The van der Waals surface area contributed by atoms with Crippen LogP contribution < -0.4 is 0 Å². The van der Waals surface area contributed by atoms with Crippen molar-refractivity contribution in [3.05, 3.63) is 33.8 Å². The molecule has 1 aliphatic rings. The van der Waals surface area contributed by atoms with Crippen LogP contribution in [0.3, 0.4) is 0 Å². The fourth-order valence-electron chi connectivity index (χ4n) is 2.42. The molecule has 1 aromatic rings. The molecule has 1 amide bonds. The van der Waals surface area contributed by atoms with E-state index < -0.39 is 5.38 Å². The number of carbonyl (C=O) groups excluding carboxylic acids is 1. The quantitative estimate of drug-likeness (QED) is 0.726. The minimum absolute atomic E-state index is 0.0466. The molecule has 1 aliphatic heterocycles. The Hall–Kier alpha value is -0.540. The molecule has 0 aromatic heterocycles. The number of nitrogens with zero attached hydrogens (tertiary/aromatic N) is 1. The van der Waals surface area contributed by atoms with Gasteiger partial charge in [0.1, 0.15) is 5.38 Å². The number of hydrogen-bond donors (Lipinski definition) is 0. The molecular weight excluding hydrogens is 326 g/mol. The molecule has 19 heavy (non-hydrogen) atoms. The first-order valence-corrected chi connectivity index (χ1v) is 8.01. The second-order valence-electron chi connectivity index (χ2n) is 5.11. The Morgan fingerprint density at radius 2 is 1.89 bits per heavy atom. The molecule has 0 bridgehead atoms. The maximum atomic E-state index is 12.4. The molecule has 2 nitrogen and oxygen atoms in total. The predicted octanol–water partition coefficient (Wildman–Crippen LogP) is 4.44. The zero-order chi connectivity index (χ0) is 13.8. The van der Waals surface area contributed by atoms with Crippen LogP contribution in [0.5, 0.6) is 0 Å². The third-order valence-electron chi connectivity index (χ3n) is 3.61. The van der Waals surface area contributed by atoms with Crippen molar-refractivity contribution in [3.63, 3.8) is 0 Å².